The molecule has 3 rings (SSSR count). The molecule has 0 radical (unpaired) electrons. The third-order valence-corrected chi connectivity index (χ3v) is 5.01. The Morgan fingerprint density at radius 2 is 2.04 bits per heavy atom. The molecule has 0 spiro atoms. The van der Waals surface area contributed by atoms with Crippen LogP contribution in [0.2, 0.25) is 0 Å². The molecule has 2 aromatic rings. The largest absolute Gasteiger partial charge is 0.337 e. The van der Waals surface area contributed by atoms with E-state index in [0.29, 0.717) is 13.0 Å². The highest BCUT2D eigenvalue weighted by atomic mass is 16.2. The van der Waals surface area contributed by atoms with Crippen LogP contribution in [0.3, 0.4) is 0 Å². The van der Waals surface area contributed by atoms with Crippen LogP contribution < -0.4 is 5.32 Å². The molecule has 1 fully saturated rings. The average molecular weight is 346 g/mol. The Balaban J connectivity index is 1.82. The first-order chi connectivity index (χ1) is 11.9. The molecule has 0 aliphatic carbocycles. The van der Waals surface area contributed by atoms with E-state index < -0.39 is 0 Å². The van der Waals surface area contributed by atoms with Crippen molar-refractivity contribution in [2.45, 2.75) is 58.8 Å². The van der Waals surface area contributed by atoms with Gasteiger partial charge in [0.25, 0.3) is 0 Å². The number of aryl methyl sites for hydroxylation is 3. The Morgan fingerprint density at radius 1 is 1.28 bits per heavy atom. The summed E-state index contributed by atoms with van der Waals surface area (Å²) in [5.41, 5.74) is 3.18. The summed E-state index contributed by atoms with van der Waals surface area (Å²) in [5.74, 6) is 0.931. The maximum absolute atomic E-state index is 12.3. The lowest BCUT2D eigenvalue weighted by atomic mass is 9.98. The van der Waals surface area contributed by atoms with Crippen LogP contribution in [0.5, 0.6) is 0 Å². The molecule has 2 aromatic heterocycles. The van der Waals surface area contributed by atoms with Crippen molar-refractivity contribution in [2.75, 3.05) is 7.05 Å². The van der Waals surface area contributed by atoms with Gasteiger partial charge in [-0.15, -0.1) is 5.10 Å². The maximum Gasteiger partial charge on any atom is 0.224 e. The lowest BCUT2D eigenvalue weighted by molar-refractivity contribution is -0.127. The Bertz CT molecular complexity index is 764. The molecule has 3 heterocycles. The molecule has 1 aliphatic rings. The summed E-state index contributed by atoms with van der Waals surface area (Å²) in [6, 6.07) is -0.0254. The van der Waals surface area contributed by atoms with Gasteiger partial charge >= 0.3 is 0 Å². The zero-order valence-corrected chi connectivity index (χ0v) is 15.5. The van der Waals surface area contributed by atoms with Crippen molar-refractivity contribution in [1.82, 2.24) is 40.2 Å². The zero-order chi connectivity index (χ0) is 18.1. The SMILES string of the molecule is CCCn1nnnc1CN[C@@H]1CC(=O)N(C)[C@H]1c1c(C)nn(C)c1C. The van der Waals surface area contributed by atoms with Crippen molar-refractivity contribution in [1.29, 1.82) is 0 Å². The summed E-state index contributed by atoms with van der Waals surface area (Å²) in [7, 11) is 3.80. The van der Waals surface area contributed by atoms with Crippen molar-refractivity contribution in [3.63, 3.8) is 0 Å². The molecule has 0 aromatic carbocycles. The third-order valence-electron chi connectivity index (χ3n) is 5.01. The van der Waals surface area contributed by atoms with E-state index in [1.165, 1.54) is 0 Å². The van der Waals surface area contributed by atoms with Crippen molar-refractivity contribution in [2.24, 2.45) is 7.05 Å². The molecule has 25 heavy (non-hydrogen) atoms. The topological polar surface area (TPSA) is 93.8 Å². The van der Waals surface area contributed by atoms with E-state index in [-0.39, 0.29) is 18.0 Å². The van der Waals surface area contributed by atoms with Crippen LogP contribution in [0.15, 0.2) is 0 Å². The first-order valence-electron chi connectivity index (χ1n) is 8.68. The summed E-state index contributed by atoms with van der Waals surface area (Å²) in [6.07, 6.45) is 1.43. The molecule has 136 valence electrons. The van der Waals surface area contributed by atoms with E-state index in [9.17, 15) is 4.79 Å². The molecule has 1 saturated heterocycles. The number of tetrazole rings is 1. The Hall–Kier alpha value is -2.29. The second-order valence-corrected chi connectivity index (χ2v) is 6.67. The number of aromatic nitrogens is 6. The van der Waals surface area contributed by atoms with E-state index in [2.05, 4.69) is 32.9 Å². The van der Waals surface area contributed by atoms with Gasteiger partial charge in [0.15, 0.2) is 5.82 Å². The number of carbonyl (C=O) groups is 1. The second kappa shape index (κ2) is 6.91. The molecule has 0 bridgehead atoms. The van der Waals surface area contributed by atoms with E-state index in [0.717, 1.165) is 35.7 Å². The van der Waals surface area contributed by atoms with Crippen LogP contribution in [-0.2, 0) is 24.9 Å². The molecule has 9 heteroatoms. The first-order valence-corrected chi connectivity index (χ1v) is 8.68. The first kappa shape index (κ1) is 17.5. The van der Waals surface area contributed by atoms with Crippen molar-refractivity contribution in [3.8, 4) is 0 Å². The minimum absolute atomic E-state index is 0.00544. The number of amides is 1. The van der Waals surface area contributed by atoms with E-state index >= 15 is 0 Å². The molecule has 1 amide bonds. The number of carbonyl (C=O) groups excluding carboxylic acids is 1. The number of nitrogens with one attached hydrogen (secondary N) is 1. The van der Waals surface area contributed by atoms with Gasteiger partial charge in [-0.25, -0.2) is 4.68 Å². The minimum Gasteiger partial charge on any atom is -0.337 e. The van der Waals surface area contributed by atoms with E-state index in [4.69, 9.17) is 0 Å². The quantitative estimate of drug-likeness (QED) is 0.818. The number of hydrogen-bond donors (Lipinski definition) is 1. The van der Waals surface area contributed by atoms with Crippen LogP contribution in [0.25, 0.3) is 0 Å². The van der Waals surface area contributed by atoms with Crippen LogP contribution in [0.4, 0.5) is 0 Å². The monoisotopic (exact) mass is 346 g/mol. The van der Waals surface area contributed by atoms with Crippen LogP contribution >= 0.6 is 0 Å². The molecular formula is C16H26N8O. The van der Waals surface area contributed by atoms with Gasteiger partial charge in [0.2, 0.25) is 5.91 Å². The smallest absolute Gasteiger partial charge is 0.224 e. The van der Waals surface area contributed by atoms with Gasteiger partial charge in [-0.05, 0) is 30.7 Å². The van der Waals surface area contributed by atoms with Crippen molar-refractivity contribution in [3.05, 3.63) is 22.8 Å². The molecule has 1 aliphatic heterocycles. The van der Waals surface area contributed by atoms with Gasteiger partial charge in [-0.1, -0.05) is 6.92 Å². The molecule has 9 nitrogen and oxygen atoms in total. The summed E-state index contributed by atoms with van der Waals surface area (Å²) >= 11 is 0. The number of likely N-dealkylation sites (N-methyl/N-ethyl adjacent to an activating group) is 1. The molecular weight excluding hydrogens is 320 g/mol. The fraction of sp³-hybridized carbons (Fsp3) is 0.688. The molecule has 1 N–H and O–H groups in total. The number of hydrogen-bond acceptors (Lipinski definition) is 6. The van der Waals surface area contributed by atoms with E-state index in [1.807, 2.05) is 42.2 Å². The molecule has 0 unspecified atom stereocenters. The number of rotatable bonds is 6. The number of nitrogens with zero attached hydrogens (tertiary/aromatic N) is 7. The Labute approximate surface area is 147 Å². The third kappa shape index (κ3) is 3.15. The predicted octanol–water partition coefficient (Wildman–Crippen LogP) is 0.495. The highest BCUT2D eigenvalue weighted by Gasteiger charge is 2.40. The lowest BCUT2D eigenvalue weighted by Gasteiger charge is -2.26. The normalized spacial score (nSPS) is 20.7. The summed E-state index contributed by atoms with van der Waals surface area (Å²) < 4.78 is 3.68. The highest BCUT2D eigenvalue weighted by molar-refractivity contribution is 5.80. The Morgan fingerprint density at radius 3 is 2.68 bits per heavy atom. The average Bonchev–Trinajstić information content (AvgIpc) is 3.19. The van der Waals surface area contributed by atoms with Gasteiger partial charge in [-0.3, -0.25) is 9.48 Å². The number of likely N-dealkylation sites (tertiary alicyclic amines) is 1. The fourth-order valence-electron chi connectivity index (χ4n) is 3.62. The highest BCUT2D eigenvalue weighted by Crippen LogP contribution is 2.35. The predicted molar refractivity (Wildman–Crippen MR) is 91.5 cm³/mol. The van der Waals surface area contributed by atoms with Gasteiger partial charge in [0.1, 0.15) is 0 Å². The minimum atomic E-state index is -0.0308. The van der Waals surface area contributed by atoms with Gasteiger partial charge in [0.05, 0.1) is 18.3 Å². The summed E-state index contributed by atoms with van der Waals surface area (Å²) in [5, 5.41) is 19.9. The molecule has 2 atom stereocenters. The van der Waals surface area contributed by atoms with Gasteiger partial charge in [-0.2, -0.15) is 5.10 Å². The van der Waals surface area contributed by atoms with E-state index in [1.54, 1.807) is 0 Å². The summed E-state index contributed by atoms with van der Waals surface area (Å²) in [6.45, 7) is 7.46. The molecule has 0 saturated carbocycles. The van der Waals surface area contributed by atoms with Gasteiger partial charge < -0.3 is 10.2 Å². The van der Waals surface area contributed by atoms with Crippen molar-refractivity contribution < 1.29 is 4.79 Å². The zero-order valence-electron chi connectivity index (χ0n) is 15.5. The fourth-order valence-corrected chi connectivity index (χ4v) is 3.62. The standard InChI is InChI=1S/C16H26N8O/c1-6-7-24-13(18-20-21-24)9-17-12-8-14(25)22(4)16(12)15-10(2)19-23(5)11(15)3/h12,16-17H,6-9H2,1-5H3/t12-,16-/m1/s1. The van der Waals surface area contributed by atoms with Gasteiger partial charge in [0, 0.05) is 44.4 Å². The second-order valence-electron chi connectivity index (χ2n) is 6.67. The summed E-state index contributed by atoms with van der Waals surface area (Å²) in [4.78, 5) is 14.2. The van der Waals surface area contributed by atoms with Crippen LogP contribution in [0.1, 0.15) is 48.6 Å². The maximum atomic E-state index is 12.3. The van der Waals surface area contributed by atoms with Crippen molar-refractivity contribution >= 4 is 5.91 Å². The Kier molecular flexibility index (Phi) is 4.85. The van der Waals surface area contributed by atoms with Crippen LogP contribution in [0, 0.1) is 13.8 Å². The lowest BCUT2D eigenvalue weighted by Crippen LogP contribution is -2.36. The van der Waals surface area contributed by atoms with Crippen LogP contribution in [-0.4, -0.2) is 53.9 Å².